The number of aliphatic hydroxyl groups excluding tert-OH is 1. The van der Waals surface area contributed by atoms with Gasteiger partial charge in [-0.3, -0.25) is 9.59 Å². The third-order valence-corrected chi connectivity index (χ3v) is 3.60. The highest BCUT2D eigenvalue weighted by Gasteiger charge is 2.30. The Balaban J connectivity index is 1.87. The molecule has 1 aromatic rings. The largest absolute Gasteiger partial charge is 0.394 e. The molecule has 2 aliphatic rings. The number of ether oxygens (including phenoxy) is 1. The monoisotopic (exact) mass is 276 g/mol. The van der Waals surface area contributed by atoms with Crippen LogP contribution in [0, 0.1) is 0 Å². The average Bonchev–Trinajstić information content (AvgIpc) is 2.73. The zero-order valence-electron chi connectivity index (χ0n) is 11.1. The molecule has 106 valence electrons. The number of benzene rings is 1. The van der Waals surface area contributed by atoms with Gasteiger partial charge in [0.1, 0.15) is 0 Å². The molecular weight excluding hydrogens is 260 g/mol. The molecule has 1 fully saturated rings. The summed E-state index contributed by atoms with van der Waals surface area (Å²) in [4.78, 5) is 25.0. The minimum Gasteiger partial charge on any atom is -0.394 e. The van der Waals surface area contributed by atoms with Crippen LogP contribution in [0.3, 0.4) is 0 Å². The molecule has 0 saturated carbocycles. The van der Waals surface area contributed by atoms with Crippen molar-refractivity contribution in [2.45, 2.75) is 19.1 Å². The smallest absolute Gasteiger partial charge is 0.296 e. The Morgan fingerprint density at radius 1 is 1.40 bits per heavy atom. The number of aliphatic hydroxyl groups is 1. The number of anilines is 2. The number of amides is 1. The van der Waals surface area contributed by atoms with Crippen molar-refractivity contribution in [3.05, 3.63) is 23.8 Å². The first-order chi connectivity index (χ1) is 9.58. The van der Waals surface area contributed by atoms with Crippen LogP contribution in [0.25, 0.3) is 0 Å². The third-order valence-electron chi connectivity index (χ3n) is 3.60. The fraction of sp³-hybridized carbons (Fsp3) is 0.429. The van der Waals surface area contributed by atoms with Crippen molar-refractivity contribution >= 4 is 23.1 Å². The first-order valence-corrected chi connectivity index (χ1v) is 6.59. The average molecular weight is 276 g/mol. The van der Waals surface area contributed by atoms with E-state index < -0.39 is 11.7 Å². The summed E-state index contributed by atoms with van der Waals surface area (Å²) in [6, 6.07) is 5.28. The molecule has 2 unspecified atom stereocenters. The maximum absolute atomic E-state index is 11.6. The Morgan fingerprint density at radius 3 is 2.95 bits per heavy atom. The van der Waals surface area contributed by atoms with Gasteiger partial charge >= 0.3 is 0 Å². The Hall–Kier alpha value is -1.92. The predicted octanol–water partition coefficient (Wildman–Crippen LogP) is 0.407. The van der Waals surface area contributed by atoms with Crippen LogP contribution in [0.2, 0.25) is 0 Å². The zero-order chi connectivity index (χ0) is 14.3. The van der Waals surface area contributed by atoms with Crippen molar-refractivity contribution < 1.29 is 19.4 Å². The molecule has 2 atom stereocenters. The summed E-state index contributed by atoms with van der Waals surface area (Å²) in [5.41, 5.74) is 1.88. The van der Waals surface area contributed by atoms with Crippen molar-refractivity contribution in [2.24, 2.45) is 0 Å². The summed E-state index contributed by atoms with van der Waals surface area (Å²) in [6.45, 7) is 3.22. The number of nitrogens with one attached hydrogen (secondary N) is 1. The Morgan fingerprint density at radius 2 is 2.20 bits per heavy atom. The molecule has 0 spiro atoms. The number of morpholine rings is 1. The van der Waals surface area contributed by atoms with E-state index in [0.717, 1.165) is 5.69 Å². The van der Waals surface area contributed by atoms with Gasteiger partial charge in [-0.25, -0.2) is 0 Å². The van der Waals surface area contributed by atoms with Gasteiger partial charge in [0.2, 0.25) is 0 Å². The van der Waals surface area contributed by atoms with Gasteiger partial charge in [0.05, 0.1) is 30.1 Å². The van der Waals surface area contributed by atoms with Crippen LogP contribution >= 0.6 is 0 Å². The van der Waals surface area contributed by atoms with Crippen LogP contribution in [0.5, 0.6) is 0 Å². The van der Waals surface area contributed by atoms with E-state index in [1.54, 1.807) is 12.1 Å². The van der Waals surface area contributed by atoms with Gasteiger partial charge in [0.15, 0.2) is 0 Å². The highest BCUT2D eigenvalue weighted by molar-refractivity contribution is 6.51. The number of hydrogen-bond donors (Lipinski definition) is 2. The van der Waals surface area contributed by atoms with E-state index >= 15 is 0 Å². The maximum Gasteiger partial charge on any atom is 0.296 e. The first kappa shape index (κ1) is 13.1. The quantitative estimate of drug-likeness (QED) is 0.765. The summed E-state index contributed by atoms with van der Waals surface area (Å²) >= 11 is 0. The molecule has 2 aliphatic heterocycles. The van der Waals surface area contributed by atoms with Gasteiger partial charge in [-0.2, -0.15) is 0 Å². The molecule has 20 heavy (non-hydrogen) atoms. The fourth-order valence-corrected chi connectivity index (χ4v) is 2.69. The number of rotatable bonds is 2. The van der Waals surface area contributed by atoms with Gasteiger partial charge in [0, 0.05) is 18.8 Å². The van der Waals surface area contributed by atoms with Crippen molar-refractivity contribution in [2.75, 3.05) is 29.9 Å². The molecular formula is C14H16N2O4. The second kappa shape index (κ2) is 4.88. The Kier molecular flexibility index (Phi) is 3.19. The molecule has 0 bridgehead atoms. The van der Waals surface area contributed by atoms with Gasteiger partial charge in [-0.1, -0.05) is 0 Å². The van der Waals surface area contributed by atoms with Crippen molar-refractivity contribution in [1.29, 1.82) is 0 Å². The van der Waals surface area contributed by atoms with E-state index in [1.807, 2.05) is 13.0 Å². The molecule has 0 aromatic heterocycles. The minimum absolute atomic E-state index is 0.0189. The highest BCUT2D eigenvalue weighted by atomic mass is 16.5. The molecule has 6 nitrogen and oxygen atoms in total. The van der Waals surface area contributed by atoms with E-state index in [0.29, 0.717) is 24.3 Å². The van der Waals surface area contributed by atoms with Gasteiger partial charge in [-0.05, 0) is 25.1 Å². The lowest BCUT2D eigenvalue weighted by Gasteiger charge is -2.37. The number of carbonyl (C=O) groups excluding carboxylic acids is 2. The molecule has 1 amide bonds. The molecule has 0 radical (unpaired) electrons. The van der Waals surface area contributed by atoms with Crippen LogP contribution in [0.1, 0.15) is 17.3 Å². The lowest BCUT2D eigenvalue weighted by Crippen LogP contribution is -2.48. The Bertz CT molecular complexity index is 572. The number of Topliss-reactive ketones (excluding diaryl/α,β-unsaturated/α-hetero) is 1. The molecule has 2 N–H and O–H groups in total. The summed E-state index contributed by atoms with van der Waals surface area (Å²) < 4.78 is 5.60. The summed E-state index contributed by atoms with van der Waals surface area (Å²) in [7, 11) is 0. The third kappa shape index (κ3) is 2.17. The second-order valence-corrected chi connectivity index (χ2v) is 5.17. The summed E-state index contributed by atoms with van der Waals surface area (Å²) in [6.07, 6.45) is -0.200. The SMILES string of the molecule is CC1CN(c2ccc3c(c2)NC(=O)C3=O)CC(CO)O1. The maximum atomic E-state index is 11.6. The standard InChI is InChI=1S/C14H16N2O4/c1-8-5-16(6-10(7-17)20-8)9-2-3-11-12(4-9)15-14(19)13(11)18/h2-4,8,10,17H,5-7H2,1H3,(H,15,18,19). The molecule has 2 heterocycles. The van der Waals surface area contributed by atoms with Crippen LogP contribution < -0.4 is 10.2 Å². The number of carbonyl (C=O) groups is 2. The van der Waals surface area contributed by atoms with E-state index in [2.05, 4.69) is 10.2 Å². The number of fused-ring (bicyclic) bond motifs is 1. The molecule has 1 saturated heterocycles. The molecule has 6 heteroatoms. The second-order valence-electron chi connectivity index (χ2n) is 5.17. The van der Waals surface area contributed by atoms with Gasteiger partial charge in [-0.15, -0.1) is 0 Å². The summed E-state index contributed by atoms with van der Waals surface area (Å²) in [5.74, 6) is -1.07. The minimum atomic E-state index is -0.583. The normalized spacial score (nSPS) is 25.6. The molecule has 0 aliphatic carbocycles. The predicted molar refractivity (Wildman–Crippen MR) is 73.0 cm³/mol. The van der Waals surface area contributed by atoms with E-state index in [1.165, 1.54) is 0 Å². The fourth-order valence-electron chi connectivity index (χ4n) is 2.69. The summed E-state index contributed by atoms with van der Waals surface area (Å²) in [5, 5.41) is 11.8. The molecule has 3 rings (SSSR count). The van der Waals surface area contributed by atoms with Crippen LogP contribution in [-0.2, 0) is 9.53 Å². The molecule has 1 aromatic carbocycles. The Labute approximate surface area is 116 Å². The van der Waals surface area contributed by atoms with E-state index in [4.69, 9.17) is 4.74 Å². The lowest BCUT2D eigenvalue weighted by molar-refractivity contribution is -0.112. The topological polar surface area (TPSA) is 78.9 Å². The van der Waals surface area contributed by atoms with Gasteiger partial charge < -0.3 is 20.1 Å². The number of ketones is 1. The van der Waals surface area contributed by atoms with Crippen molar-refractivity contribution in [3.8, 4) is 0 Å². The van der Waals surface area contributed by atoms with Crippen LogP contribution in [0.15, 0.2) is 18.2 Å². The van der Waals surface area contributed by atoms with Crippen molar-refractivity contribution in [3.63, 3.8) is 0 Å². The number of hydrogen-bond acceptors (Lipinski definition) is 5. The number of nitrogens with zero attached hydrogens (tertiary/aromatic N) is 1. The highest BCUT2D eigenvalue weighted by Crippen LogP contribution is 2.29. The van der Waals surface area contributed by atoms with Crippen LogP contribution in [0.4, 0.5) is 11.4 Å². The van der Waals surface area contributed by atoms with E-state index in [-0.39, 0.29) is 18.8 Å². The van der Waals surface area contributed by atoms with Crippen molar-refractivity contribution in [1.82, 2.24) is 0 Å². The lowest BCUT2D eigenvalue weighted by atomic mass is 10.1. The van der Waals surface area contributed by atoms with Crippen LogP contribution in [-0.4, -0.2) is 48.7 Å². The first-order valence-electron chi connectivity index (χ1n) is 6.59. The van der Waals surface area contributed by atoms with Gasteiger partial charge in [0.25, 0.3) is 11.7 Å². The zero-order valence-corrected chi connectivity index (χ0v) is 11.1. The van der Waals surface area contributed by atoms with E-state index in [9.17, 15) is 14.7 Å².